The summed E-state index contributed by atoms with van der Waals surface area (Å²) < 4.78 is 13.8. The van der Waals surface area contributed by atoms with Gasteiger partial charge in [0.05, 0.1) is 5.60 Å². The zero-order valence-corrected chi connectivity index (χ0v) is 19.2. The predicted molar refractivity (Wildman–Crippen MR) is 111 cm³/mol. The van der Waals surface area contributed by atoms with Crippen LogP contribution >= 0.6 is 0 Å². The van der Waals surface area contributed by atoms with Crippen molar-refractivity contribution in [3.63, 3.8) is 0 Å². The maximum atomic E-state index is 13.0. The van der Waals surface area contributed by atoms with Crippen LogP contribution in [0.5, 0.6) is 0 Å². The summed E-state index contributed by atoms with van der Waals surface area (Å²) in [5.41, 5.74) is -0.215. The average Bonchev–Trinajstić information content (AvgIpc) is 2.74. The van der Waals surface area contributed by atoms with Gasteiger partial charge in [-0.05, 0) is 64.2 Å². The molecule has 4 heteroatoms. The van der Waals surface area contributed by atoms with Gasteiger partial charge in [0, 0.05) is 24.4 Å². The summed E-state index contributed by atoms with van der Waals surface area (Å²) in [4.78, 5) is 13.0. The SMILES string of the molecule is C=C(C)C1(OCCCC)C(CC)(O[Si](C)(C)C)CC2C(=O)CCCC21C. The third kappa shape index (κ3) is 3.27. The lowest BCUT2D eigenvalue weighted by Gasteiger charge is -2.56. The Labute approximate surface area is 162 Å². The molecule has 0 saturated heterocycles. The fourth-order valence-electron chi connectivity index (χ4n) is 5.92. The molecule has 0 radical (unpaired) electrons. The molecule has 2 rings (SSSR count). The van der Waals surface area contributed by atoms with Gasteiger partial charge in [-0.2, -0.15) is 0 Å². The lowest BCUT2D eigenvalue weighted by Crippen LogP contribution is -2.64. The highest BCUT2D eigenvalue weighted by Crippen LogP contribution is 2.66. The number of carbonyl (C=O) groups excluding carboxylic acids is 1. The van der Waals surface area contributed by atoms with Crippen LogP contribution in [0.25, 0.3) is 0 Å². The van der Waals surface area contributed by atoms with Gasteiger partial charge in [0.2, 0.25) is 0 Å². The lowest BCUT2D eigenvalue weighted by atomic mass is 9.59. The first-order valence-electron chi connectivity index (χ1n) is 10.5. The molecule has 4 unspecified atom stereocenters. The molecule has 0 heterocycles. The molecule has 2 fully saturated rings. The van der Waals surface area contributed by atoms with Crippen molar-refractivity contribution < 1.29 is 14.0 Å². The smallest absolute Gasteiger partial charge is 0.184 e. The normalized spacial score (nSPS) is 37.7. The van der Waals surface area contributed by atoms with E-state index >= 15 is 0 Å². The van der Waals surface area contributed by atoms with Crippen molar-refractivity contribution in [3.8, 4) is 0 Å². The van der Waals surface area contributed by atoms with E-state index in [1.807, 2.05) is 0 Å². The van der Waals surface area contributed by atoms with Crippen LogP contribution in [-0.2, 0) is 14.0 Å². The number of Topliss-reactive ketones (excluding diaryl/α,β-unsaturated/α-hetero) is 1. The van der Waals surface area contributed by atoms with E-state index in [0.717, 1.165) is 44.1 Å². The van der Waals surface area contributed by atoms with Crippen LogP contribution < -0.4 is 0 Å². The van der Waals surface area contributed by atoms with E-state index in [-0.39, 0.29) is 11.3 Å². The Balaban J connectivity index is 2.66. The monoisotopic (exact) mass is 380 g/mol. The fraction of sp³-hybridized carbons (Fsp3) is 0.864. The van der Waals surface area contributed by atoms with E-state index in [1.165, 1.54) is 0 Å². The van der Waals surface area contributed by atoms with Gasteiger partial charge in [-0.1, -0.05) is 33.8 Å². The second kappa shape index (κ2) is 7.52. The molecule has 0 spiro atoms. The molecule has 26 heavy (non-hydrogen) atoms. The molecular formula is C22H40O3Si. The third-order valence-electron chi connectivity index (χ3n) is 6.75. The van der Waals surface area contributed by atoms with Gasteiger partial charge in [0.25, 0.3) is 0 Å². The van der Waals surface area contributed by atoms with Crippen molar-refractivity contribution in [1.29, 1.82) is 0 Å². The van der Waals surface area contributed by atoms with Gasteiger partial charge in [0.15, 0.2) is 8.32 Å². The van der Waals surface area contributed by atoms with Crippen molar-refractivity contribution in [2.75, 3.05) is 6.61 Å². The molecule has 0 N–H and O–H groups in total. The number of hydrogen-bond donors (Lipinski definition) is 0. The van der Waals surface area contributed by atoms with Crippen molar-refractivity contribution in [3.05, 3.63) is 12.2 Å². The van der Waals surface area contributed by atoms with Gasteiger partial charge in [0.1, 0.15) is 11.4 Å². The Morgan fingerprint density at radius 1 is 1.31 bits per heavy atom. The maximum Gasteiger partial charge on any atom is 0.184 e. The van der Waals surface area contributed by atoms with Crippen molar-refractivity contribution in [2.45, 2.75) is 103 Å². The lowest BCUT2D eigenvalue weighted by molar-refractivity contribution is -0.187. The number of ether oxygens (including phenoxy) is 1. The van der Waals surface area contributed by atoms with E-state index in [0.29, 0.717) is 18.8 Å². The number of fused-ring (bicyclic) bond motifs is 1. The van der Waals surface area contributed by atoms with Crippen molar-refractivity contribution in [2.24, 2.45) is 11.3 Å². The van der Waals surface area contributed by atoms with Crippen LogP contribution in [0, 0.1) is 11.3 Å². The fourth-order valence-corrected chi connectivity index (χ4v) is 7.46. The molecule has 0 aromatic carbocycles. The Bertz CT molecular complexity index is 552. The standard InChI is InChI=1S/C22H40O3Si/c1-9-11-15-24-22(17(3)4)20(5)14-12-13-19(23)18(20)16-21(22,10-2)25-26(6,7)8/h18H,3,9-16H2,1-2,4-8H3. The molecule has 150 valence electrons. The Morgan fingerprint density at radius 3 is 2.46 bits per heavy atom. The van der Waals surface area contributed by atoms with E-state index < -0.39 is 19.5 Å². The van der Waals surface area contributed by atoms with Crippen LogP contribution in [-0.4, -0.2) is 31.9 Å². The summed E-state index contributed by atoms with van der Waals surface area (Å²) >= 11 is 0. The second-order valence-corrected chi connectivity index (χ2v) is 14.1. The number of rotatable bonds is 8. The largest absolute Gasteiger partial charge is 0.409 e. The van der Waals surface area contributed by atoms with Crippen LogP contribution in [0.1, 0.15) is 72.6 Å². The minimum absolute atomic E-state index is 0.0193. The molecule has 0 aliphatic heterocycles. The summed E-state index contributed by atoms with van der Waals surface area (Å²) in [6.45, 7) is 20.6. The Morgan fingerprint density at radius 2 is 1.96 bits per heavy atom. The summed E-state index contributed by atoms with van der Waals surface area (Å²) in [7, 11) is -1.85. The minimum Gasteiger partial charge on any atom is -0.409 e. The molecule has 0 aromatic rings. The summed E-state index contributed by atoms with van der Waals surface area (Å²) in [6, 6.07) is 0. The molecule has 2 saturated carbocycles. The zero-order chi connectivity index (χ0) is 19.8. The molecule has 3 nitrogen and oxygen atoms in total. The van der Waals surface area contributed by atoms with Crippen LogP contribution in [0.15, 0.2) is 12.2 Å². The summed E-state index contributed by atoms with van der Waals surface area (Å²) in [5.74, 6) is 0.420. The molecule has 2 aliphatic rings. The Hall–Kier alpha value is -0.453. The van der Waals surface area contributed by atoms with E-state index in [4.69, 9.17) is 9.16 Å². The minimum atomic E-state index is -1.85. The highest BCUT2D eigenvalue weighted by molar-refractivity contribution is 6.69. The average molecular weight is 381 g/mol. The van der Waals surface area contributed by atoms with Crippen LogP contribution in [0.4, 0.5) is 0 Å². The predicted octanol–water partition coefficient (Wildman–Crippen LogP) is 5.90. The van der Waals surface area contributed by atoms with E-state index in [2.05, 4.69) is 53.9 Å². The van der Waals surface area contributed by atoms with Gasteiger partial charge in [-0.3, -0.25) is 4.79 Å². The van der Waals surface area contributed by atoms with Gasteiger partial charge in [-0.25, -0.2) is 0 Å². The topological polar surface area (TPSA) is 35.5 Å². The second-order valence-electron chi connectivity index (χ2n) is 9.72. The Kier molecular flexibility index (Phi) is 6.32. The number of hydrogen-bond acceptors (Lipinski definition) is 3. The highest BCUT2D eigenvalue weighted by atomic mass is 28.4. The summed E-state index contributed by atoms with van der Waals surface area (Å²) in [5, 5.41) is 0. The molecule has 2 aliphatic carbocycles. The van der Waals surface area contributed by atoms with E-state index in [9.17, 15) is 4.79 Å². The molecule has 0 aromatic heterocycles. The quantitative estimate of drug-likeness (QED) is 0.299. The first-order chi connectivity index (χ1) is 12.0. The summed E-state index contributed by atoms with van der Waals surface area (Å²) in [6.07, 6.45) is 6.42. The molecule has 4 atom stereocenters. The molecule has 0 bridgehead atoms. The zero-order valence-electron chi connectivity index (χ0n) is 18.2. The maximum absolute atomic E-state index is 13.0. The number of unbranched alkanes of at least 4 members (excludes halogenated alkanes) is 1. The van der Waals surface area contributed by atoms with E-state index in [1.54, 1.807) is 0 Å². The van der Waals surface area contributed by atoms with Gasteiger partial charge < -0.3 is 9.16 Å². The molecular weight excluding hydrogens is 340 g/mol. The number of carbonyl (C=O) groups is 1. The highest BCUT2D eigenvalue weighted by Gasteiger charge is 2.73. The van der Waals surface area contributed by atoms with Gasteiger partial charge in [-0.15, -0.1) is 0 Å². The third-order valence-corrected chi connectivity index (χ3v) is 7.75. The number of ketones is 1. The van der Waals surface area contributed by atoms with Crippen LogP contribution in [0.2, 0.25) is 19.6 Å². The molecule has 0 amide bonds. The van der Waals surface area contributed by atoms with Gasteiger partial charge >= 0.3 is 0 Å². The van der Waals surface area contributed by atoms with Crippen molar-refractivity contribution >= 4 is 14.1 Å². The van der Waals surface area contributed by atoms with Crippen LogP contribution in [0.3, 0.4) is 0 Å². The van der Waals surface area contributed by atoms with Crippen molar-refractivity contribution in [1.82, 2.24) is 0 Å². The first-order valence-corrected chi connectivity index (χ1v) is 13.9. The first kappa shape index (κ1) is 21.8.